The Morgan fingerprint density at radius 3 is 2.68 bits per heavy atom. The molecule has 0 atom stereocenters. The Labute approximate surface area is 139 Å². The topological polar surface area (TPSA) is 56.3 Å². The van der Waals surface area contributed by atoms with Crippen LogP contribution in [-0.4, -0.2) is 34.0 Å². The van der Waals surface area contributed by atoms with Gasteiger partial charge in [-0.1, -0.05) is 29.3 Å². The number of nitrogens with zero attached hydrogens (tertiary/aromatic N) is 1. The first-order valence-electron chi connectivity index (χ1n) is 7.05. The summed E-state index contributed by atoms with van der Waals surface area (Å²) in [6, 6.07) is 9.07. The van der Waals surface area contributed by atoms with Crippen molar-refractivity contribution in [2.75, 3.05) is 13.2 Å². The molecule has 2 aromatic rings. The number of aliphatic hydroxyl groups excluding tert-OH is 1. The van der Waals surface area contributed by atoms with Gasteiger partial charge in [0.05, 0.1) is 16.5 Å². The van der Waals surface area contributed by atoms with E-state index in [0.717, 1.165) is 11.3 Å². The third-order valence-electron chi connectivity index (χ3n) is 3.30. The minimum atomic E-state index is 0.00183. The van der Waals surface area contributed by atoms with Crippen molar-refractivity contribution in [3.63, 3.8) is 0 Å². The van der Waals surface area contributed by atoms with E-state index in [-0.39, 0.29) is 12.5 Å². The number of aromatic nitrogens is 1. The standard InChI is InChI=1S/C16H18Cl2N2O2/c17-14-5-4-12(9-15(14)18)11-20(7-2-8-21)16(22)10-13-3-1-6-19-13/h1,3-6,9,19,21H,2,7-8,10-11H2. The Morgan fingerprint density at radius 2 is 2.05 bits per heavy atom. The SMILES string of the molecule is O=C(Cc1ccc[nH]1)N(CCCO)Cc1ccc(Cl)c(Cl)c1. The lowest BCUT2D eigenvalue weighted by molar-refractivity contribution is -0.131. The average molecular weight is 341 g/mol. The Bertz CT molecular complexity index is 615. The van der Waals surface area contributed by atoms with E-state index in [4.69, 9.17) is 28.3 Å². The molecular formula is C16H18Cl2N2O2. The Balaban J connectivity index is 2.07. The summed E-state index contributed by atoms with van der Waals surface area (Å²) in [5.41, 5.74) is 1.78. The molecule has 0 aliphatic carbocycles. The molecule has 1 heterocycles. The van der Waals surface area contributed by atoms with Crippen molar-refractivity contribution in [3.05, 3.63) is 57.8 Å². The molecule has 0 fully saturated rings. The number of H-pyrrole nitrogens is 1. The summed E-state index contributed by atoms with van der Waals surface area (Å²) in [6.07, 6.45) is 2.64. The predicted octanol–water partition coefficient (Wildman–Crippen LogP) is 3.28. The summed E-state index contributed by atoms with van der Waals surface area (Å²) in [6.45, 7) is 0.986. The highest BCUT2D eigenvalue weighted by Gasteiger charge is 2.15. The van der Waals surface area contributed by atoms with Gasteiger partial charge in [-0.05, 0) is 36.2 Å². The molecule has 1 aromatic heterocycles. The number of amides is 1. The molecule has 118 valence electrons. The molecule has 0 unspecified atom stereocenters. The number of hydrogen-bond donors (Lipinski definition) is 2. The lowest BCUT2D eigenvalue weighted by Crippen LogP contribution is -2.33. The lowest BCUT2D eigenvalue weighted by atomic mass is 10.2. The average Bonchev–Trinajstić information content (AvgIpc) is 3.00. The Kier molecular flexibility index (Phi) is 6.31. The second-order valence-corrected chi connectivity index (χ2v) is 5.83. The molecule has 4 nitrogen and oxygen atoms in total. The molecule has 1 aromatic carbocycles. The summed E-state index contributed by atoms with van der Waals surface area (Å²) in [4.78, 5) is 17.2. The van der Waals surface area contributed by atoms with Gasteiger partial charge in [0.2, 0.25) is 5.91 Å². The van der Waals surface area contributed by atoms with Gasteiger partial charge >= 0.3 is 0 Å². The van der Waals surface area contributed by atoms with Crippen LogP contribution in [0, 0.1) is 0 Å². The minimum absolute atomic E-state index is 0.00183. The summed E-state index contributed by atoms with van der Waals surface area (Å²) in [7, 11) is 0. The Morgan fingerprint density at radius 1 is 1.23 bits per heavy atom. The number of hydrogen-bond acceptors (Lipinski definition) is 2. The van der Waals surface area contributed by atoms with Gasteiger partial charge in [0.1, 0.15) is 0 Å². The third kappa shape index (κ3) is 4.77. The molecule has 6 heteroatoms. The van der Waals surface area contributed by atoms with Gasteiger partial charge in [-0.2, -0.15) is 0 Å². The van der Waals surface area contributed by atoms with Crippen molar-refractivity contribution in [3.8, 4) is 0 Å². The first-order valence-corrected chi connectivity index (χ1v) is 7.80. The first kappa shape index (κ1) is 16.9. The van der Waals surface area contributed by atoms with Crippen LogP contribution in [-0.2, 0) is 17.8 Å². The van der Waals surface area contributed by atoms with Crippen molar-refractivity contribution in [1.29, 1.82) is 0 Å². The van der Waals surface area contributed by atoms with Crippen LogP contribution in [0.5, 0.6) is 0 Å². The first-order chi connectivity index (χ1) is 10.6. The van der Waals surface area contributed by atoms with Crippen molar-refractivity contribution in [2.24, 2.45) is 0 Å². The van der Waals surface area contributed by atoms with Crippen LogP contribution >= 0.6 is 23.2 Å². The predicted molar refractivity (Wildman–Crippen MR) is 88.1 cm³/mol. The molecule has 0 aliphatic rings. The van der Waals surface area contributed by atoms with Gasteiger partial charge in [0, 0.05) is 31.6 Å². The van der Waals surface area contributed by atoms with Crippen molar-refractivity contribution < 1.29 is 9.90 Å². The molecule has 0 radical (unpaired) electrons. The van der Waals surface area contributed by atoms with Gasteiger partial charge in [0.15, 0.2) is 0 Å². The largest absolute Gasteiger partial charge is 0.396 e. The van der Waals surface area contributed by atoms with Gasteiger partial charge in [-0.15, -0.1) is 0 Å². The van der Waals surface area contributed by atoms with Gasteiger partial charge in [-0.3, -0.25) is 4.79 Å². The van der Waals surface area contributed by atoms with Crippen LogP contribution in [0.1, 0.15) is 17.7 Å². The fraction of sp³-hybridized carbons (Fsp3) is 0.312. The van der Waals surface area contributed by atoms with Crippen molar-refractivity contribution in [1.82, 2.24) is 9.88 Å². The highest BCUT2D eigenvalue weighted by molar-refractivity contribution is 6.42. The molecule has 2 N–H and O–H groups in total. The third-order valence-corrected chi connectivity index (χ3v) is 4.04. The van der Waals surface area contributed by atoms with Crippen LogP contribution in [0.2, 0.25) is 10.0 Å². The van der Waals surface area contributed by atoms with Crippen LogP contribution in [0.25, 0.3) is 0 Å². The van der Waals surface area contributed by atoms with Gasteiger partial charge in [0.25, 0.3) is 0 Å². The number of carbonyl (C=O) groups excluding carboxylic acids is 1. The quantitative estimate of drug-likeness (QED) is 0.812. The number of nitrogens with one attached hydrogen (secondary N) is 1. The smallest absolute Gasteiger partial charge is 0.228 e. The maximum absolute atomic E-state index is 12.4. The van der Waals surface area contributed by atoms with E-state index in [2.05, 4.69) is 4.98 Å². The Hall–Kier alpha value is -1.49. The zero-order chi connectivity index (χ0) is 15.9. The fourth-order valence-electron chi connectivity index (χ4n) is 2.16. The summed E-state index contributed by atoms with van der Waals surface area (Å²) in [5, 5.41) is 9.98. The number of benzene rings is 1. The van der Waals surface area contributed by atoms with E-state index in [1.54, 1.807) is 23.2 Å². The molecule has 22 heavy (non-hydrogen) atoms. The molecule has 0 spiro atoms. The van der Waals surface area contributed by atoms with E-state index in [9.17, 15) is 4.79 Å². The van der Waals surface area contributed by atoms with Crippen LogP contribution < -0.4 is 0 Å². The van der Waals surface area contributed by atoms with Crippen LogP contribution in [0.4, 0.5) is 0 Å². The molecule has 1 amide bonds. The second kappa shape index (κ2) is 8.22. The molecule has 2 rings (SSSR count). The van der Waals surface area contributed by atoms with Crippen LogP contribution in [0.3, 0.4) is 0 Å². The number of carbonyl (C=O) groups is 1. The molecule has 0 bridgehead atoms. The van der Waals surface area contributed by atoms with Crippen molar-refractivity contribution >= 4 is 29.1 Å². The summed E-state index contributed by atoms with van der Waals surface area (Å²) in [5.74, 6) is 0.00183. The monoisotopic (exact) mass is 340 g/mol. The molecule has 0 saturated carbocycles. The van der Waals surface area contributed by atoms with Gasteiger partial charge in [-0.25, -0.2) is 0 Å². The number of aliphatic hydroxyl groups is 1. The zero-order valence-electron chi connectivity index (χ0n) is 12.1. The van der Waals surface area contributed by atoms with E-state index in [0.29, 0.717) is 36.0 Å². The molecular weight excluding hydrogens is 323 g/mol. The summed E-state index contributed by atoms with van der Waals surface area (Å²) >= 11 is 11.9. The lowest BCUT2D eigenvalue weighted by Gasteiger charge is -2.22. The highest BCUT2D eigenvalue weighted by atomic mass is 35.5. The van der Waals surface area contributed by atoms with E-state index >= 15 is 0 Å². The van der Waals surface area contributed by atoms with Crippen molar-refractivity contribution in [2.45, 2.75) is 19.4 Å². The molecule has 0 saturated heterocycles. The zero-order valence-corrected chi connectivity index (χ0v) is 13.6. The van der Waals surface area contributed by atoms with Crippen LogP contribution in [0.15, 0.2) is 36.5 Å². The number of halogens is 2. The van der Waals surface area contributed by atoms with E-state index in [1.807, 2.05) is 18.2 Å². The highest BCUT2D eigenvalue weighted by Crippen LogP contribution is 2.23. The number of aromatic amines is 1. The van der Waals surface area contributed by atoms with E-state index in [1.165, 1.54) is 0 Å². The minimum Gasteiger partial charge on any atom is -0.396 e. The second-order valence-electron chi connectivity index (χ2n) is 5.01. The normalized spacial score (nSPS) is 10.7. The van der Waals surface area contributed by atoms with E-state index < -0.39 is 0 Å². The maximum atomic E-state index is 12.4. The fourth-order valence-corrected chi connectivity index (χ4v) is 2.48. The molecule has 0 aliphatic heterocycles. The number of rotatable bonds is 7. The maximum Gasteiger partial charge on any atom is 0.228 e. The summed E-state index contributed by atoms with van der Waals surface area (Å²) < 4.78 is 0. The van der Waals surface area contributed by atoms with Gasteiger partial charge < -0.3 is 15.0 Å².